The maximum Gasteiger partial charge on any atom is 0.317 e. The van der Waals surface area contributed by atoms with Gasteiger partial charge in [-0.1, -0.05) is 48.0 Å². The molecule has 0 unspecified atom stereocenters. The van der Waals surface area contributed by atoms with E-state index in [4.69, 9.17) is 11.6 Å². The fraction of sp³-hybridized carbons (Fsp3) is 0.167. The zero-order chi connectivity index (χ0) is 16.2. The second-order valence-corrected chi connectivity index (χ2v) is 5.90. The van der Waals surface area contributed by atoms with Gasteiger partial charge < -0.3 is 15.2 Å². The number of carbonyl (C=O) groups excluding carboxylic acids is 1. The van der Waals surface area contributed by atoms with Crippen molar-refractivity contribution in [2.24, 2.45) is 0 Å². The molecule has 2 aromatic carbocycles. The summed E-state index contributed by atoms with van der Waals surface area (Å²) in [4.78, 5) is 17.1. The number of nitrogens with zero attached hydrogens (tertiary/aromatic N) is 1. The van der Waals surface area contributed by atoms with Gasteiger partial charge in [0.15, 0.2) is 0 Å². The van der Waals surface area contributed by atoms with E-state index >= 15 is 0 Å². The normalized spacial score (nSPS) is 10.7. The number of aromatic amines is 1. The van der Waals surface area contributed by atoms with Crippen molar-refractivity contribution in [3.63, 3.8) is 0 Å². The van der Waals surface area contributed by atoms with Crippen molar-refractivity contribution in [1.29, 1.82) is 0 Å². The van der Waals surface area contributed by atoms with Gasteiger partial charge in [0.1, 0.15) is 0 Å². The Morgan fingerprint density at radius 1 is 1.17 bits per heavy atom. The Morgan fingerprint density at radius 3 is 2.70 bits per heavy atom. The molecule has 0 aliphatic carbocycles. The van der Waals surface area contributed by atoms with Crippen LogP contribution in [0.15, 0.2) is 54.6 Å². The van der Waals surface area contributed by atoms with E-state index in [1.807, 2.05) is 54.6 Å². The topological polar surface area (TPSA) is 48.1 Å². The van der Waals surface area contributed by atoms with Crippen LogP contribution >= 0.6 is 11.6 Å². The summed E-state index contributed by atoms with van der Waals surface area (Å²) < 4.78 is 0. The largest absolute Gasteiger partial charge is 0.357 e. The Bertz CT molecular complexity index is 795. The van der Waals surface area contributed by atoms with Gasteiger partial charge in [0.05, 0.1) is 6.54 Å². The Balaban J connectivity index is 1.59. The molecular formula is C18H18ClN3O. The molecule has 5 heteroatoms. The van der Waals surface area contributed by atoms with E-state index < -0.39 is 0 Å². The van der Waals surface area contributed by atoms with Gasteiger partial charge in [0.2, 0.25) is 0 Å². The van der Waals surface area contributed by atoms with Crippen LogP contribution < -0.4 is 5.32 Å². The monoisotopic (exact) mass is 327 g/mol. The molecule has 0 fully saturated rings. The molecular weight excluding hydrogens is 310 g/mol. The van der Waals surface area contributed by atoms with Gasteiger partial charge >= 0.3 is 6.03 Å². The number of benzene rings is 2. The Morgan fingerprint density at radius 2 is 1.91 bits per heavy atom. The summed E-state index contributed by atoms with van der Waals surface area (Å²) in [5, 5.41) is 4.72. The smallest absolute Gasteiger partial charge is 0.317 e. The van der Waals surface area contributed by atoms with E-state index in [0.29, 0.717) is 18.1 Å². The van der Waals surface area contributed by atoms with Gasteiger partial charge in [0.25, 0.3) is 0 Å². The summed E-state index contributed by atoms with van der Waals surface area (Å²) in [7, 11) is 1.75. The minimum Gasteiger partial charge on any atom is -0.357 e. The van der Waals surface area contributed by atoms with Gasteiger partial charge in [-0.2, -0.15) is 0 Å². The number of fused-ring (bicyclic) bond motifs is 1. The molecule has 23 heavy (non-hydrogen) atoms. The number of hydrogen-bond acceptors (Lipinski definition) is 1. The van der Waals surface area contributed by atoms with Crippen LogP contribution in [0.5, 0.6) is 0 Å². The van der Waals surface area contributed by atoms with Crippen LogP contribution in [0.1, 0.15) is 11.3 Å². The van der Waals surface area contributed by atoms with E-state index in [0.717, 1.165) is 22.2 Å². The maximum absolute atomic E-state index is 12.2. The van der Waals surface area contributed by atoms with Crippen LogP contribution in [-0.4, -0.2) is 23.0 Å². The molecule has 0 aliphatic rings. The third-order valence-corrected chi connectivity index (χ3v) is 4.10. The van der Waals surface area contributed by atoms with Crippen LogP contribution in [0.4, 0.5) is 4.79 Å². The quantitative estimate of drug-likeness (QED) is 0.742. The standard InChI is InChI=1S/C18H18ClN3O/c1-22(12-14-7-2-4-8-16(14)19)18(23)20-11-15-10-13-6-3-5-9-17(13)21-15/h2-10,21H,11-12H2,1H3,(H,20,23). The summed E-state index contributed by atoms with van der Waals surface area (Å²) in [6, 6.07) is 17.5. The highest BCUT2D eigenvalue weighted by Crippen LogP contribution is 2.17. The van der Waals surface area contributed by atoms with Crippen molar-refractivity contribution in [2.75, 3.05) is 7.05 Å². The third kappa shape index (κ3) is 3.66. The summed E-state index contributed by atoms with van der Waals surface area (Å²) in [5.41, 5.74) is 2.98. The van der Waals surface area contributed by atoms with Gasteiger partial charge in [-0.05, 0) is 29.1 Å². The number of nitrogens with one attached hydrogen (secondary N) is 2. The van der Waals surface area contributed by atoms with E-state index in [9.17, 15) is 4.79 Å². The van der Waals surface area contributed by atoms with Crippen molar-refractivity contribution in [3.05, 3.63) is 70.9 Å². The van der Waals surface area contributed by atoms with Crippen LogP contribution in [-0.2, 0) is 13.1 Å². The lowest BCUT2D eigenvalue weighted by Gasteiger charge is -2.18. The molecule has 2 amide bonds. The molecule has 3 aromatic rings. The number of H-pyrrole nitrogens is 1. The van der Waals surface area contributed by atoms with E-state index in [1.54, 1.807) is 11.9 Å². The first-order valence-electron chi connectivity index (χ1n) is 7.42. The second kappa shape index (κ2) is 6.75. The van der Waals surface area contributed by atoms with Crippen LogP contribution in [0, 0.1) is 0 Å². The van der Waals surface area contributed by atoms with Crippen molar-refractivity contribution in [2.45, 2.75) is 13.1 Å². The first-order chi connectivity index (χ1) is 11.1. The summed E-state index contributed by atoms with van der Waals surface area (Å²) >= 11 is 6.13. The molecule has 2 N–H and O–H groups in total. The number of halogens is 1. The summed E-state index contributed by atoms with van der Waals surface area (Å²) in [6.07, 6.45) is 0. The second-order valence-electron chi connectivity index (χ2n) is 5.49. The van der Waals surface area contributed by atoms with Crippen molar-refractivity contribution in [3.8, 4) is 0 Å². The third-order valence-electron chi connectivity index (χ3n) is 3.73. The van der Waals surface area contributed by atoms with E-state index in [2.05, 4.69) is 10.3 Å². The number of aromatic nitrogens is 1. The Labute approximate surface area is 140 Å². The number of carbonyl (C=O) groups is 1. The molecule has 0 spiro atoms. The predicted molar refractivity (Wildman–Crippen MR) is 93.5 cm³/mol. The number of urea groups is 1. The van der Waals surface area contributed by atoms with Gasteiger partial charge in [-0.3, -0.25) is 0 Å². The average molecular weight is 328 g/mol. The van der Waals surface area contributed by atoms with Crippen molar-refractivity contribution in [1.82, 2.24) is 15.2 Å². The van der Waals surface area contributed by atoms with Crippen LogP contribution in [0.3, 0.4) is 0 Å². The highest BCUT2D eigenvalue weighted by Gasteiger charge is 2.11. The molecule has 3 rings (SSSR count). The van der Waals surface area contributed by atoms with E-state index in [-0.39, 0.29) is 6.03 Å². The summed E-state index contributed by atoms with van der Waals surface area (Å²) in [6.45, 7) is 0.929. The number of hydrogen-bond donors (Lipinski definition) is 2. The highest BCUT2D eigenvalue weighted by atomic mass is 35.5. The fourth-order valence-corrected chi connectivity index (χ4v) is 2.68. The Kier molecular flexibility index (Phi) is 4.53. The fourth-order valence-electron chi connectivity index (χ4n) is 2.49. The number of para-hydroxylation sites is 1. The minimum atomic E-state index is -0.136. The molecule has 1 heterocycles. The zero-order valence-corrected chi connectivity index (χ0v) is 13.6. The molecule has 0 bridgehead atoms. The van der Waals surface area contributed by atoms with Gasteiger partial charge in [-0.25, -0.2) is 4.79 Å². The molecule has 4 nitrogen and oxygen atoms in total. The molecule has 1 aromatic heterocycles. The van der Waals surface area contributed by atoms with Gasteiger partial charge in [-0.15, -0.1) is 0 Å². The molecule has 0 atom stereocenters. The molecule has 0 aliphatic heterocycles. The SMILES string of the molecule is CN(Cc1ccccc1Cl)C(=O)NCc1cc2ccccc2[nH]1. The Hall–Kier alpha value is -2.46. The van der Waals surface area contributed by atoms with Gasteiger partial charge in [0, 0.05) is 29.8 Å². The molecule has 0 saturated heterocycles. The average Bonchev–Trinajstić information content (AvgIpc) is 2.97. The maximum atomic E-state index is 12.2. The number of rotatable bonds is 4. The first-order valence-corrected chi connectivity index (χ1v) is 7.80. The first kappa shape index (κ1) is 15.4. The number of amides is 2. The minimum absolute atomic E-state index is 0.136. The van der Waals surface area contributed by atoms with Crippen molar-refractivity contribution >= 4 is 28.5 Å². The summed E-state index contributed by atoms with van der Waals surface area (Å²) in [5.74, 6) is 0. The van der Waals surface area contributed by atoms with Crippen molar-refractivity contribution < 1.29 is 4.79 Å². The van der Waals surface area contributed by atoms with Crippen LogP contribution in [0.2, 0.25) is 5.02 Å². The predicted octanol–water partition coefficient (Wildman–Crippen LogP) is 4.16. The lowest BCUT2D eigenvalue weighted by molar-refractivity contribution is 0.206. The molecule has 0 saturated carbocycles. The van der Waals surface area contributed by atoms with E-state index in [1.165, 1.54) is 0 Å². The molecule has 118 valence electrons. The highest BCUT2D eigenvalue weighted by molar-refractivity contribution is 6.31. The van der Waals surface area contributed by atoms with Crippen LogP contribution in [0.25, 0.3) is 10.9 Å². The zero-order valence-electron chi connectivity index (χ0n) is 12.8. The lowest BCUT2D eigenvalue weighted by atomic mass is 10.2. The molecule has 0 radical (unpaired) electrons. The lowest BCUT2D eigenvalue weighted by Crippen LogP contribution is -2.36.